The van der Waals surface area contributed by atoms with E-state index in [9.17, 15) is 0 Å². The third-order valence-corrected chi connectivity index (χ3v) is 6.02. The van der Waals surface area contributed by atoms with Crippen molar-refractivity contribution < 1.29 is 0 Å². The summed E-state index contributed by atoms with van der Waals surface area (Å²) in [5, 5.41) is 1.37. The molecule has 2 N–H and O–H groups in total. The molecule has 4 heterocycles. The first-order valence-corrected chi connectivity index (χ1v) is 11.2. The van der Waals surface area contributed by atoms with Crippen LogP contribution in [0.15, 0.2) is 85.5 Å². The maximum absolute atomic E-state index is 6.29. The van der Waals surface area contributed by atoms with Gasteiger partial charge in [-0.3, -0.25) is 8.80 Å². The van der Waals surface area contributed by atoms with Gasteiger partial charge in [-0.15, -0.1) is 0 Å². The van der Waals surface area contributed by atoms with Crippen LogP contribution in [0.25, 0.3) is 33.8 Å². The van der Waals surface area contributed by atoms with Gasteiger partial charge in [-0.25, -0.2) is 19.9 Å². The second-order valence-corrected chi connectivity index (χ2v) is 8.23. The minimum atomic E-state index is 0.346. The first kappa shape index (κ1) is 22.2. The summed E-state index contributed by atoms with van der Waals surface area (Å²) in [5.74, 6) is 0.373. The number of halogens is 3. The van der Waals surface area contributed by atoms with Crippen molar-refractivity contribution in [2.24, 2.45) is 0 Å². The molecule has 0 amide bonds. The molecule has 10 heteroatoms. The van der Waals surface area contributed by atoms with Crippen molar-refractivity contribution in [1.29, 1.82) is 0 Å². The molecule has 2 aromatic carbocycles. The Balaban J connectivity index is 0.000000142. The Bertz CT molecular complexity index is 1470. The highest BCUT2D eigenvalue weighted by Gasteiger charge is 2.14. The first-order valence-electron chi connectivity index (χ1n) is 10.1. The summed E-state index contributed by atoms with van der Waals surface area (Å²) in [6.07, 6.45) is 6.82. The van der Waals surface area contributed by atoms with Crippen molar-refractivity contribution in [3.05, 3.63) is 101 Å². The summed E-state index contributed by atoms with van der Waals surface area (Å²) in [5.41, 5.74) is 10.2. The number of nitrogen functional groups attached to an aromatic ring is 1. The van der Waals surface area contributed by atoms with Crippen molar-refractivity contribution >= 4 is 51.9 Å². The van der Waals surface area contributed by atoms with Crippen LogP contribution in [-0.4, -0.2) is 28.7 Å². The predicted octanol–water partition coefficient (Wildman–Crippen LogP) is 6.34. The fraction of sp³-hybridized carbons (Fsp3) is 0. The zero-order valence-corrected chi connectivity index (χ0v) is 19.7. The van der Waals surface area contributed by atoms with Crippen LogP contribution in [0.4, 0.5) is 5.82 Å². The molecule has 0 unspecified atom stereocenters. The molecule has 0 saturated carbocycles. The van der Waals surface area contributed by atoms with E-state index in [4.69, 9.17) is 40.5 Å². The summed E-state index contributed by atoms with van der Waals surface area (Å²) < 4.78 is 3.45. The summed E-state index contributed by atoms with van der Waals surface area (Å²) in [6.45, 7) is 0. The number of nitrogens with zero attached hydrogens (tertiary/aromatic N) is 6. The fourth-order valence-electron chi connectivity index (χ4n) is 3.46. The molecule has 6 rings (SSSR count). The Morgan fingerprint density at radius 3 is 1.65 bits per heavy atom. The monoisotopic (exact) mass is 507 g/mol. The summed E-state index contributed by atoms with van der Waals surface area (Å²) in [4.78, 5) is 16.8. The molecule has 4 aromatic heterocycles. The van der Waals surface area contributed by atoms with Crippen molar-refractivity contribution in [3.8, 4) is 22.5 Å². The summed E-state index contributed by atoms with van der Waals surface area (Å²) >= 11 is 18.7. The third-order valence-electron chi connectivity index (χ3n) is 5.05. The van der Waals surface area contributed by atoms with Crippen LogP contribution in [-0.2, 0) is 0 Å². The van der Waals surface area contributed by atoms with E-state index in [1.54, 1.807) is 33.6 Å². The lowest BCUT2D eigenvalue weighted by Crippen LogP contribution is -2.00. The van der Waals surface area contributed by atoms with Gasteiger partial charge in [0, 0.05) is 35.9 Å². The highest BCUT2D eigenvalue weighted by Crippen LogP contribution is 2.30. The number of rotatable bonds is 2. The normalized spacial score (nSPS) is 10.9. The standard InChI is InChI=1S/C12H7Cl2N3.C12H9ClN4/c13-10-12-15-6-7-17(12)11(14)9(16-10)8-4-2-1-3-5-8;13-10-9(8-4-2-1-3-5-8)16-11(14)12-15-6-7-17(10)12/h1-7H;1-7H,(H2,14,16). The molecule has 0 atom stereocenters. The Morgan fingerprint density at radius 1 is 0.618 bits per heavy atom. The molecule has 0 radical (unpaired) electrons. The molecule has 0 saturated heterocycles. The Kier molecular flexibility index (Phi) is 6.06. The van der Waals surface area contributed by atoms with E-state index in [1.807, 2.05) is 60.7 Å². The Hall–Kier alpha value is -3.65. The van der Waals surface area contributed by atoms with Crippen LogP contribution >= 0.6 is 34.8 Å². The summed E-state index contributed by atoms with van der Waals surface area (Å²) in [7, 11) is 0. The van der Waals surface area contributed by atoms with E-state index in [2.05, 4.69) is 19.9 Å². The van der Waals surface area contributed by atoms with E-state index in [-0.39, 0.29) is 0 Å². The maximum Gasteiger partial charge on any atom is 0.181 e. The van der Waals surface area contributed by atoms with Crippen LogP contribution in [0.1, 0.15) is 0 Å². The molecule has 168 valence electrons. The minimum absolute atomic E-state index is 0.346. The quantitative estimate of drug-likeness (QED) is 0.295. The summed E-state index contributed by atoms with van der Waals surface area (Å²) in [6, 6.07) is 19.4. The predicted molar refractivity (Wildman–Crippen MR) is 136 cm³/mol. The lowest BCUT2D eigenvalue weighted by atomic mass is 10.2. The lowest BCUT2D eigenvalue weighted by molar-refractivity contribution is 1.13. The van der Waals surface area contributed by atoms with Gasteiger partial charge in [0.1, 0.15) is 21.7 Å². The van der Waals surface area contributed by atoms with Gasteiger partial charge in [0.05, 0.1) is 0 Å². The van der Waals surface area contributed by atoms with Crippen LogP contribution in [0.2, 0.25) is 15.5 Å². The molecule has 0 aliphatic carbocycles. The van der Waals surface area contributed by atoms with Crippen molar-refractivity contribution in [2.75, 3.05) is 5.73 Å². The Morgan fingerprint density at radius 2 is 1.09 bits per heavy atom. The molecule has 0 bridgehead atoms. The van der Waals surface area contributed by atoms with Gasteiger partial charge in [0.25, 0.3) is 0 Å². The van der Waals surface area contributed by atoms with Crippen molar-refractivity contribution in [2.45, 2.75) is 0 Å². The average molecular weight is 509 g/mol. The SMILES string of the molecule is Clc1nc(-c2ccccc2)c(Cl)n2ccnc12.Nc1nc(-c2ccccc2)c(Cl)n2ccnc12. The number of fused-ring (bicyclic) bond motifs is 2. The third kappa shape index (κ3) is 4.05. The minimum Gasteiger partial charge on any atom is -0.381 e. The fourth-order valence-corrected chi connectivity index (χ4v) is 4.26. The van der Waals surface area contributed by atoms with Crippen molar-refractivity contribution in [1.82, 2.24) is 28.7 Å². The number of hydrogen-bond donors (Lipinski definition) is 1. The molecular formula is C24H16Cl3N7. The molecule has 6 aromatic rings. The largest absolute Gasteiger partial charge is 0.381 e. The van der Waals surface area contributed by atoms with Crippen LogP contribution in [0, 0.1) is 0 Å². The number of hydrogen-bond acceptors (Lipinski definition) is 5. The highest BCUT2D eigenvalue weighted by atomic mass is 35.5. The second kappa shape index (κ2) is 9.30. The smallest absolute Gasteiger partial charge is 0.181 e. The van der Waals surface area contributed by atoms with Gasteiger partial charge >= 0.3 is 0 Å². The number of aromatic nitrogens is 6. The number of imidazole rings is 2. The van der Waals surface area contributed by atoms with Crippen LogP contribution in [0.3, 0.4) is 0 Å². The molecule has 0 fully saturated rings. The topological polar surface area (TPSA) is 86.4 Å². The van der Waals surface area contributed by atoms with Gasteiger partial charge < -0.3 is 5.73 Å². The molecule has 0 spiro atoms. The van der Waals surface area contributed by atoms with Gasteiger partial charge in [-0.1, -0.05) is 95.5 Å². The van der Waals surface area contributed by atoms with Crippen LogP contribution in [0.5, 0.6) is 0 Å². The maximum atomic E-state index is 6.29. The number of benzene rings is 2. The molecular weight excluding hydrogens is 493 g/mol. The average Bonchev–Trinajstić information content (AvgIpc) is 3.56. The van der Waals surface area contributed by atoms with Gasteiger partial charge in [0.15, 0.2) is 22.3 Å². The molecule has 0 aliphatic heterocycles. The highest BCUT2D eigenvalue weighted by molar-refractivity contribution is 6.35. The Labute approximate surface area is 209 Å². The van der Waals surface area contributed by atoms with E-state index < -0.39 is 0 Å². The molecule has 34 heavy (non-hydrogen) atoms. The zero-order chi connectivity index (χ0) is 23.7. The van der Waals surface area contributed by atoms with E-state index in [1.165, 1.54) is 0 Å². The number of nitrogens with two attached hydrogens (primary N) is 1. The van der Waals surface area contributed by atoms with Gasteiger partial charge in [0.2, 0.25) is 0 Å². The molecule has 0 aliphatic rings. The zero-order valence-electron chi connectivity index (χ0n) is 17.5. The molecule has 7 nitrogen and oxygen atoms in total. The van der Waals surface area contributed by atoms with Crippen molar-refractivity contribution in [3.63, 3.8) is 0 Å². The van der Waals surface area contributed by atoms with Crippen LogP contribution < -0.4 is 5.73 Å². The van der Waals surface area contributed by atoms with Gasteiger partial charge in [-0.05, 0) is 0 Å². The first-order chi connectivity index (χ1) is 16.5. The lowest BCUT2D eigenvalue weighted by Gasteiger charge is -2.07. The van der Waals surface area contributed by atoms with Gasteiger partial charge in [-0.2, -0.15) is 0 Å². The van der Waals surface area contributed by atoms with E-state index in [0.717, 1.165) is 11.1 Å². The second-order valence-electron chi connectivity index (χ2n) is 7.15. The van der Waals surface area contributed by atoms with E-state index >= 15 is 0 Å². The van der Waals surface area contributed by atoms with E-state index in [0.29, 0.717) is 44.0 Å². The number of anilines is 1.